The smallest absolute Gasteiger partial charge is 0.226 e. The van der Waals surface area contributed by atoms with Gasteiger partial charge in [-0.25, -0.2) is 0 Å². The fourth-order valence-corrected chi connectivity index (χ4v) is 3.93. The van der Waals surface area contributed by atoms with Gasteiger partial charge in [0.05, 0.1) is 12.3 Å². The molecule has 1 amide bonds. The van der Waals surface area contributed by atoms with Crippen molar-refractivity contribution in [2.24, 2.45) is 11.1 Å². The van der Waals surface area contributed by atoms with Crippen LogP contribution in [0.5, 0.6) is 0 Å². The monoisotopic (exact) mass is 416 g/mol. The van der Waals surface area contributed by atoms with Crippen LogP contribution < -0.4 is 0 Å². The average molecular weight is 417 g/mol. The van der Waals surface area contributed by atoms with E-state index in [4.69, 9.17) is 28.0 Å². The number of rotatable bonds is 6. The van der Waals surface area contributed by atoms with Crippen molar-refractivity contribution in [1.82, 2.24) is 4.90 Å². The maximum Gasteiger partial charge on any atom is 0.226 e. The van der Waals surface area contributed by atoms with Gasteiger partial charge in [0.1, 0.15) is 0 Å². The minimum atomic E-state index is -0.145. The number of benzene rings is 2. The number of oxime groups is 1. The van der Waals surface area contributed by atoms with Crippen molar-refractivity contribution in [1.29, 1.82) is 0 Å². The Kier molecular flexibility index (Phi) is 5.88. The largest absolute Gasteiger partial charge is 0.390 e. The van der Waals surface area contributed by atoms with Crippen molar-refractivity contribution in [3.63, 3.8) is 0 Å². The van der Waals surface area contributed by atoms with Crippen molar-refractivity contribution >= 4 is 34.8 Å². The van der Waals surface area contributed by atoms with Gasteiger partial charge in [0.2, 0.25) is 5.91 Å². The van der Waals surface area contributed by atoms with Crippen LogP contribution in [-0.2, 0) is 16.2 Å². The van der Waals surface area contributed by atoms with Gasteiger partial charge in [-0.3, -0.25) is 4.79 Å². The van der Waals surface area contributed by atoms with Crippen LogP contribution in [0.4, 0.5) is 0 Å². The normalized spacial score (nSPS) is 18.9. The summed E-state index contributed by atoms with van der Waals surface area (Å²) >= 11 is 12.1. The molecule has 146 valence electrons. The molecule has 1 heterocycles. The van der Waals surface area contributed by atoms with Crippen LogP contribution in [0.25, 0.3) is 0 Å². The number of amides is 1. The lowest BCUT2D eigenvalue weighted by Crippen LogP contribution is -2.42. The summed E-state index contributed by atoms with van der Waals surface area (Å²) in [5, 5.41) is 5.62. The quantitative estimate of drug-likeness (QED) is 0.639. The first-order chi connectivity index (χ1) is 13.6. The van der Waals surface area contributed by atoms with Crippen LogP contribution in [0, 0.1) is 5.92 Å². The van der Waals surface area contributed by atoms with Crippen molar-refractivity contribution in [3.05, 3.63) is 69.7 Å². The summed E-state index contributed by atoms with van der Waals surface area (Å²) < 4.78 is 0. The second-order valence-electron chi connectivity index (χ2n) is 7.45. The molecule has 0 saturated heterocycles. The van der Waals surface area contributed by atoms with Gasteiger partial charge in [-0.05, 0) is 48.2 Å². The number of nitrogens with zero attached hydrogens (tertiary/aromatic N) is 2. The van der Waals surface area contributed by atoms with E-state index in [1.165, 1.54) is 0 Å². The SMILES string of the molecule is O=C(C1CCC1)N(Cc1cccc(Cl)c1)C[C@H]1CC(c2ccc(Cl)cc2)=NO1. The zero-order valence-electron chi connectivity index (χ0n) is 15.5. The molecular formula is C22H22Cl2N2O2. The molecule has 2 aromatic rings. The molecule has 1 atom stereocenters. The van der Waals surface area contributed by atoms with Gasteiger partial charge >= 0.3 is 0 Å². The summed E-state index contributed by atoms with van der Waals surface area (Å²) in [4.78, 5) is 20.5. The molecule has 1 saturated carbocycles. The maximum atomic E-state index is 13.0. The summed E-state index contributed by atoms with van der Waals surface area (Å²) in [7, 11) is 0. The fourth-order valence-electron chi connectivity index (χ4n) is 3.59. The van der Waals surface area contributed by atoms with Crippen LogP contribution >= 0.6 is 23.2 Å². The highest BCUT2D eigenvalue weighted by molar-refractivity contribution is 6.31. The Hall–Kier alpha value is -2.04. The first-order valence-corrected chi connectivity index (χ1v) is 10.4. The fraction of sp³-hybridized carbons (Fsp3) is 0.364. The van der Waals surface area contributed by atoms with Gasteiger partial charge in [0.15, 0.2) is 6.10 Å². The van der Waals surface area contributed by atoms with E-state index in [9.17, 15) is 4.79 Å². The Bertz CT molecular complexity index is 878. The Labute approximate surface area is 175 Å². The third-order valence-electron chi connectivity index (χ3n) is 5.36. The van der Waals surface area contributed by atoms with E-state index < -0.39 is 0 Å². The van der Waals surface area contributed by atoms with Crippen LogP contribution in [0.3, 0.4) is 0 Å². The molecule has 0 spiro atoms. The Morgan fingerprint density at radius 2 is 1.89 bits per heavy atom. The van der Waals surface area contributed by atoms with E-state index in [-0.39, 0.29) is 17.9 Å². The average Bonchev–Trinajstić information content (AvgIpc) is 3.09. The molecule has 0 radical (unpaired) electrons. The molecule has 1 fully saturated rings. The first-order valence-electron chi connectivity index (χ1n) is 9.60. The van der Waals surface area contributed by atoms with Crippen molar-refractivity contribution in [3.8, 4) is 0 Å². The van der Waals surface area contributed by atoms with E-state index in [0.29, 0.717) is 29.6 Å². The second-order valence-corrected chi connectivity index (χ2v) is 8.33. The summed E-state index contributed by atoms with van der Waals surface area (Å²) in [6.45, 7) is 1.05. The summed E-state index contributed by atoms with van der Waals surface area (Å²) in [5.74, 6) is 0.340. The van der Waals surface area contributed by atoms with Gasteiger partial charge in [0.25, 0.3) is 0 Å². The number of carbonyl (C=O) groups excluding carboxylic acids is 1. The minimum Gasteiger partial charge on any atom is -0.390 e. The summed E-state index contributed by atoms with van der Waals surface area (Å²) in [5.41, 5.74) is 2.91. The third kappa shape index (κ3) is 4.50. The molecule has 2 aliphatic rings. The van der Waals surface area contributed by atoms with Crippen LogP contribution in [0.2, 0.25) is 10.0 Å². The molecular weight excluding hydrogens is 395 g/mol. The number of carbonyl (C=O) groups is 1. The van der Waals surface area contributed by atoms with E-state index in [1.54, 1.807) is 0 Å². The molecule has 1 aliphatic heterocycles. The van der Waals surface area contributed by atoms with Crippen molar-refractivity contribution in [2.75, 3.05) is 6.54 Å². The minimum absolute atomic E-state index is 0.136. The predicted molar refractivity (Wildman–Crippen MR) is 112 cm³/mol. The highest BCUT2D eigenvalue weighted by atomic mass is 35.5. The highest BCUT2D eigenvalue weighted by Gasteiger charge is 2.33. The van der Waals surface area contributed by atoms with Crippen molar-refractivity contribution < 1.29 is 9.63 Å². The zero-order chi connectivity index (χ0) is 19.5. The Morgan fingerprint density at radius 3 is 2.57 bits per heavy atom. The van der Waals surface area contributed by atoms with Crippen LogP contribution in [0.15, 0.2) is 53.7 Å². The Balaban J connectivity index is 1.43. The molecule has 4 rings (SSSR count). The molecule has 0 unspecified atom stereocenters. The summed E-state index contributed by atoms with van der Waals surface area (Å²) in [6.07, 6.45) is 3.61. The maximum absolute atomic E-state index is 13.0. The molecule has 2 aromatic carbocycles. The van der Waals surface area contributed by atoms with Gasteiger partial charge in [-0.1, -0.05) is 59.0 Å². The van der Waals surface area contributed by atoms with E-state index in [0.717, 1.165) is 36.1 Å². The molecule has 1 aliphatic carbocycles. The lowest BCUT2D eigenvalue weighted by Gasteiger charge is -2.32. The highest BCUT2D eigenvalue weighted by Crippen LogP contribution is 2.30. The van der Waals surface area contributed by atoms with Gasteiger partial charge in [-0.15, -0.1) is 0 Å². The van der Waals surface area contributed by atoms with Crippen LogP contribution in [0.1, 0.15) is 36.8 Å². The van der Waals surface area contributed by atoms with Gasteiger partial charge in [-0.2, -0.15) is 0 Å². The van der Waals surface area contributed by atoms with Crippen molar-refractivity contribution in [2.45, 2.75) is 38.3 Å². The third-order valence-corrected chi connectivity index (χ3v) is 5.85. The molecule has 0 bridgehead atoms. The Morgan fingerprint density at radius 1 is 1.11 bits per heavy atom. The number of hydrogen-bond donors (Lipinski definition) is 0. The second kappa shape index (κ2) is 8.54. The zero-order valence-corrected chi connectivity index (χ0v) is 17.0. The molecule has 28 heavy (non-hydrogen) atoms. The summed E-state index contributed by atoms with van der Waals surface area (Å²) in [6, 6.07) is 15.2. The standard InChI is InChI=1S/C22H22Cl2N2O2/c23-18-9-7-16(8-10-18)21-12-20(28-25-21)14-26(22(27)17-4-2-5-17)13-15-3-1-6-19(24)11-15/h1,3,6-11,17,20H,2,4-5,12-14H2/t20-/m1/s1. The first kappa shape index (κ1) is 19.3. The molecule has 0 aromatic heterocycles. The van der Waals surface area contributed by atoms with E-state index >= 15 is 0 Å². The van der Waals surface area contributed by atoms with Gasteiger partial charge in [0, 0.05) is 28.9 Å². The topological polar surface area (TPSA) is 41.9 Å². The lowest BCUT2D eigenvalue weighted by molar-refractivity contribution is -0.140. The lowest BCUT2D eigenvalue weighted by atomic mass is 9.84. The molecule has 0 N–H and O–H groups in total. The van der Waals surface area contributed by atoms with E-state index in [1.807, 2.05) is 53.4 Å². The molecule has 4 nitrogen and oxygen atoms in total. The number of halogens is 2. The van der Waals surface area contributed by atoms with Gasteiger partial charge < -0.3 is 9.74 Å². The predicted octanol–water partition coefficient (Wildman–Crippen LogP) is 5.32. The number of hydrogen-bond acceptors (Lipinski definition) is 3. The molecule has 6 heteroatoms. The van der Waals surface area contributed by atoms with Crippen LogP contribution in [-0.4, -0.2) is 29.2 Å². The van der Waals surface area contributed by atoms with E-state index in [2.05, 4.69) is 5.16 Å².